The van der Waals surface area contributed by atoms with Crippen molar-refractivity contribution in [3.05, 3.63) is 64.2 Å². The normalized spacial score (nSPS) is 19.5. The van der Waals surface area contributed by atoms with Gasteiger partial charge in [-0.2, -0.15) is 0 Å². The third kappa shape index (κ3) is 3.06. The molecule has 0 bridgehead atoms. The fourth-order valence-electron chi connectivity index (χ4n) is 4.06. The molecule has 2 aliphatic rings. The maximum Gasteiger partial charge on any atom is 0.258 e. The van der Waals surface area contributed by atoms with E-state index in [-0.39, 0.29) is 11.6 Å². The van der Waals surface area contributed by atoms with Gasteiger partial charge in [0.15, 0.2) is 11.5 Å². The van der Waals surface area contributed by atoms with Crippen LogP contribution in [0.2, 0.25) is 0 Å². The molecular weight excluding hydrogens is 342 g/mol. The van der Waals surface area contributed by atoms with Crippen LogP contribution >= 0.6 is 0 Å². The number of nitrogens with one attached hydrogen (secondary N) is 1. The van der Waals surface area contributed by atoms with Crippen molar-refractivity contribution in [2.45, 2.75) is 25.4 Å². The molecule has 0 amide bonds. The number of likely N-dealkylation sites (tertiary alicyclic amines) is 1. The van der Waals surface area contributed by atoms with E-state index in [9.17, 15) is 4.79 Å². The van der Waals surface area contributed by atoms with Crippen LogP contribution in [0.25, 0.3) is 10.9 Å². The van der Waals surface area contributed by atoms with Gasteiger partial charge in [0.25, 0.3) is 5.56 Å². The molecule has 6 heteroatoms. The van der Waals surface area contributed by atoms with Crippen LogP contribution in [0.15, 0.2) is 47.3 Å². The molecule has 3 heterocycles. The summed E-state index contributed by atoms with van der Waals surface area (Å²) in [4.78, 5) is 22.3. The highest BCUT2D eigenvalue weighted by molar-refractivity contribution is 5.77. The van der Waals surface area contributed by atoms with Crippen molar-refractivity contribution in [3.8, 4) is 11.5 Å². The van der Waals surface area contributed by atoms with Crippen LogP contribution < -0.4 is 15.0 Å². The lowest BCUT2D eigenvalue weighted by molar-refractivity contribution is 0.170. The maximum absolute atomic E-state index is 12.3. The Morgan fingerprint density at radius 2 is 1.96 bits per heavy atom. The summed E-state index contributed by atoms with van der Waals surface area (Å²) in [6, 6.07) is 14.0. The van der Waals surface area contributed by atoms with E-state index in [1.165, 1.54) is 5.56 Å². The third-order valence-electron chi connectivity index (χ3n) is 5.33. The zero-order valence-corrected chi connectivity index (χ0v) is 15.0. The third-order valence-corrected chi connectivity index (χ3v) is 5.33. The van der Waals surface area contributed by atoms with E-state index in [2.05, 4.69) is 27.0 Å². The smallest absolute Gasteiger partial charge is 0.258 e. The molecule has 1 fully saturated rings. The molecule has 1 atom stereocenters. The first-order valence-corrected chi connectivity index (χ1v) is 9.39. The Kier molecular flexibility index (Phi) is 4.05. The van der Waals surface area contributed by atoms with Crippen molar-refractivity contribution in [2.24, 2.45) is 0 Å². The number of benzene rings is 2. The number of hydrogen-bond donors (Lipinski definition) is 1. The zero-order chi connectivity index (χ0) is 18.2. The highest BCUT2D eigenvalue weighted by atomic mass is 16.6. The van der Waals surface area contributed by atoms with E-state index in [1.54, 1.807) is 6.07 Å². The van der Waals surface area contributed by atoms with Crippen LogP contribution in [0, 0.1) is 0 Å². The van der Waals surface area contributed by atoms with Crippen LogP contribution in [0.4, 0.5) is 0 Å². The Balaban J connectivity index is 1.43. The van der Waals surface area contributed by atoms with Gasteiger partial charge in [0.1, 0.15) is 19.0 Å². The Morgan fingerprint density at radius 3 is 2.89 bits per heavy atom. The molecule has 138 valence electrons. The van der Waals surface area contributed by atoms with Crippen molar-refractivity contribution >= 4 is 10.9 Å². The van der Waals surface area contributed by atoms with Gasteiger partial charge in [-0.15, -0.1) is 0 Å². The first-order chi connectivity index (χ1) is 13.3. The molecule has 6 nitrogen and oxygen atoms in total. The fraction of sp³-hybridized carbons (Fsp3) is 0.333. The van der Waals surface area contributed by atoms with E-state index >= 15 is 0 Å². The monoisotopic (exact) mass is 363 g/mol. The molecule has 1 aromatic heterocycles. The van der Waals surface area contributed by atoms with Crippen molar-refractivity contribution < 1.29 is 9.47 Å². The number of fused-ring (bicyclic) bond motifs is 2. The fourth-order valence-corrected chi connectivity index (χ4v) is 4.06. The zero-order valence-electron chi connectivity index (χ0n) is 15.0. The van der Waals surface area contributed by atoms with Gasteiger partial charge in [-0.05, 0) is 49.2 Å². The van der Waals surface area contributed by atoms with Gasteiger partial charge in [0, 0.05) is 6.04 Å². The number of hydrogen-bond acceptors (Lipinski definition) is 5. The highest BCUT2D eigenvalue weighted by Gasteiger charge is 2.28. The molecule has 27 heavy (non-hydrogen) atoms. The summed E-state index contributed by atoms with van der Waals surface area (Å²) in [5, 5.41) is 0.631. The predicted octanol–water partition coefficient (Wildman–Crippen LogP) is 3.03. The molecule has 0 saturated carbocycles. The number of para-hydroxylation sites is 1. The predicted molar refractivity (Wildman–Crippen MR) is 102 cm³/mol. The second kappa shape index (κ2) is 6.70. The molecule has 0 spiro atoms. The SMILES string of the molecule is O=c1[nH]c(CN2CCCC2c2ccc3c(c2)OCCO3)nc2ccccc12. The van der Waals surface area contributed by atoms with Crippen LogP contribution in [-0.4, -0.2) is 34.6 Å². The molecule has 5 rings (SSSR count). The summed E-state index contributed by atoms with van der Waals surface area (Å²) in [6.07, 6.45) is 2.20. The van der Waals surface area contributed by atoms with Crippen LogP contribution in [0.3, 0.4) is 0 Å². The number of ether oxygens (including phenoxy) is 2. The topological polar surface area (TPSA) is 67.5 Å². The van der Waals surface area contributed by atoms with Crippen molar-refractivity contribution in [1.29, 1.82) is 0 Å². The Labute approximate surface area is 156 Å². The Hall–Kier alpha value is -2.86. The second-order valence-corrected chi connectivity index (χ2v) is 7.06. The summed E-state index contributed by atoms with van der Waals surface area (Å²) >= 11 is 0. The summed E-state index contributed by atoms with van der Waals surface area (Å²) in [7, 11) is 0. The minimum Gasteiger partial charge on any atom is -0.486 e. The van der Waals surface area contributed by atoms with E-state index < -0.39 is 0 Å². The largest absolute Gasteiger partial charge is 0.486 e. The molecule has 1 N–H and O–H groups in total. The molecule has 2 aromatic carbocycles. The lowest BCUT2D eigenvalue weighted by atomic mass is 10.0. The molecule has 0 radical (unpaired) electrons. The molecule has 2 aliphatic heterocycles. The first-order valence-electron chi connectivity index (χ1n) is 9.39. The van der Waals surface area contributed by atoms with E-state index in [0.29, 0.717) is 31.0 Å². The average molecular weight is 363 g/mol. The van der Waals surface area contributed by atoms with Gasteiger partial charge >= 0.3 is 0 Å². The van der Waals surface area contributed by atoms with Crippen molar-refractivity contribution in [2.75, 3.05) is 19.8 Å². The summed E-state index contributed by atoms with van der Waals surface area (Å²) < 4.78 is 11.4. The molecule has 3 aromatic rings. The van der Waals surface area contributed by atoms with Crippen LogP contribution in [0.1, 0.15) is 30.3 Å². The van der Waals surface area contributed by atoms with Gasteiger partial charge in [-0.1, -0.05) is 18.2 Å². The van der Waals surface area contributed by atoms with Gasteiger partial charge in [0.2, 0.25) is 0 Å². The minimum atomic E-state index is -0.0781. The number of H-pyrrole nitrogens is 1. The Bertz CT molecular complexity index is 1050. The van der Waals surface area contributed by atoms with Crippen molar-refractivity contribution in [1.82, 2.24) is 14.9 Å². The molecule has 1 saturated heterocycles. The first kappa shape index (κ1) is 16.3. The maximum atomic E-state index is 12.3. The Morgan fingerprint density at radius 1 is 1.11 bits per heavy atom. The quantitative estimate of drug-likeness (QED) is 0.775. The van der Waals surface area contributed by atoms with Gasteiger partial charge in [-0.25, -0.2) is 4.98 Å². The van der Waals surface area contributed by atoms with Gasteiger partial charge in [-0.3, -0.25) is 9.69 Å². The number of nitrogens with zero attached hydrogens (tertiary/aromatic N) is 2. The highest BCUT2D eigenvalue weighted by Crippen LogP contribution is 2.38. The second-order valence-electron chi connectivity index (χ2n) is 7.06. The van der Waals surface area contributed by atoms with E-state index in [4.69, 9.17) is 9.47 Å². The van der Waals surface area contributed by atoms with E-state index in [0.717, 1.165) is 36.4 Å². The molecular formula is C21H21N3O3. The van der Waals surface area contributed by atoms with Gasteiger partial charge in [0.05, 0.1) is 17.4 Å². The standard InChI is InChI=1S/C21H21N3O3/c25-21-15-4-1-2-5-16(15)22-20(23-21)13-24-9-3-6-17(24)14-7-8-18-19(12-14)27-11-10-26-18/h1-2,4-5,7-8,12,17H,3,6,9-11,13H2,(H,22,23,25). The van der Waals surface area contributed by atoms with Gasteiger partial charge < -0.3 is 14.5 Å². The number of rotatable bonds is 3. The van der Waals surface area contributed by atoms with Crippen LogP contribution in [0.5, 0.6) is 11.5 Å². The van der Waals surface area contributed by atoms with Crippen LogP contribution in [-0.2, 0) is 6.54 Å². The lowest BCUT2D eigenvalue weighted by Gasteiger charge is -2.26. The molecule has 1 unspecified atom stereocenters. The lowest BCUT2D eigenvalue weighted by Crippen LogP contribution is -2.26. The number of aromatic nitrogens is 2. The van der Waals surface area contributed by atoms with E-state index in [1.807, 2.05) is 24.3 Å². The summed E-state index contributed by atoms with van der Waals surface area (Å²) in [6.45, 7) is 2.80. The number of aromatic amines is 1. The summed E-state index contributed by atoms with van der Waals surface area (Å²) in [5.74, 6) is 2.35. The average Bonchev–Trinajstić information content (AvgIpc) is 3.16. The minimum absolute atomic E-state index is 0.0781. The molecule has 0 aliphatic carbocycles. The summed E-state index contributed by atoms with van der Waals surface area (Å²) in [5.41, 5.74) is 1.89. The van der Waals surface area contributed by atoms with Crippen molar-refractivity contribution in [3.63, 3.8) is 0 Å².